The summed E-state index contributed by atoms with van der Waals surface area (Å²) in [5.74, 6) is 0. The zero-order chi connectivity index (χ0) is 14.8. The van der Waals surface area contributed by atoms with E-state index in [0.29, 0.717) is 26.0 Å². The highest BCUT2D eigenvalue weighted by Crippen LogP contribution is 2.60. The van der Waals surface area contributed by atoms with Gasteiger partial charge in [0.2, 0.25) is 5.53 Å². The van der Waals surface area contributed by atoms with Gasteiger partial charge in [0.05, 0.1) is 6.61 Å². The highest BCUT2D eigenvalue weighted by Gasteiger charge is 2.47. The molecule has 1 unspecified atom stereocenters. The monoisotopic (exact) mass is 292 g/mol. The van der Waals surface area contributed by atoms with Crippen molar-refractivity contribution < 1.29 is 18.6 Å². The van der Waals surface area contributed by atoms with Crippen LogP contribution in [-0.4, -0.2) is 31.5 Å². The summed E-state index contributed by atoms with van der Waals surface area (Å²) < 4.78 is 29.9. The standard InChI is InChI=1S/C14H29O4P/c1-6-10-11-12-13-19(15,18-9-4)14(5,16-7-2)17-8-3/h6H,1,7-13H2,2-5H3. The van der Waals surface area contributed by atoms with Gasteiger partial charge in [-0.3, -0.25) is 4.57 Å². The first-order chi connectivity index (χ1) is 8.99. The van der Waals surface area contributed by atoms with Crippen molar-refractivity contribution in [2.45, 2.75) is 52.5 Å². The molecular formula is C14H29O4P. The molecule has 0 saturated carbocycles. The normalized spacial score (nSPS) is 15.2. The maximum Gasteiger partial charge on any atom is 0.260 e. The van der Waals surface area contributed by atoms with Gasteiger partial charge in [0.25, 0.3) is 7.37 Å². The van der Waals surface area contributed by atoms with Crippen molar-refractivity contribution >= 4 is 7.37 Å². The van der Waals surface area contributed by atoms with Gasteiger partial charge < -0.3 is 14.0 Å². The molecular weight excluding hydrogens is 263 g/mol. The van der Waals surface area contributed by atoms with E-state index in [1.54, 1.807) is 6.92 Å². The minimum atomic E-state index is -2.99. The second kappa shape index (κ2) is 9.71. The Hall–Kier alpha value is -0.150. The van der Waals surface area contributed by atoms with Crippen LogP contribution in [-0.2, 0) is 18.6 Å². The van der Waals surface area contributed by atoms with E-state index in [9.17, 15) is 4.57 Å². The van der Waals surface area contributed by atoms with Crippen LogP contribution in [0.25, 0.3) is 0 Å². The zero-order valence-corrected chi connectivity index (χ0v) is 13.7. The van der Waals surface area contributed by atoms with Crippen molar-refractivity contribution in [2.75, 3.05) is 26.0 Å². The molecule has 1 atom stereocenters. The molecule has 0 fully saturated rings. The van der Waals surface area contributed by atoms with E-state index in [1.165, 1.54) is 0 Å². The summed E-state index contributed by atoms with van der Waals surface area (Å²) in [6.45, 7) is 12.3. The Morgan fingerprint density at radius 3 is 2.11 bits per heavy atom. The largest absolute Gasteiger partial charge is 0.342 e. The molecule has 0 saturated heterocycles. The van der Waals surface area contributed by atoms with Gasteiger partial charge >= 0.3 is 0 Å². The van der Waals surface area contributed by atoms with Gasteiger partial charge in [0.1, 0.15) is 0 Å². The fourth-order valence-corrected chi connectivity index (χ4v) is 4.45. The van der Waals surface area contributed by atoms with Gasteiger partial charge in [-0.1, -0.05) is 6.08 Å². The number of ether oxygens (including phenoxy) is 2. The Morgan fingerprint density at radius 2 is 1.68 bits per heavy atom. The van der Waals surface area contributed by atoms with Crippen molar-refractivity contribution in [2.24, 2.45) is 0 Å². The highest BCUT2D eigenvalue weighted by molar-refractivity contribution is 7.60. The lowest BCUT2D eigenvalue weighted by Crippen LogP contribution is -2.34. The lowest BCUT2D eigenvalue weighted by atomic mass is 10.2. The van der Waals surface area contributed by atoms with Crippen molar-refractivity contribution in [1.29, 1.82) is 0 Å². The second-order valence-corrected chi connectivity index (χ2v) is 7.23. The minimum absolute atomic E-state index is 0.397. The summed E-state index contributed by atoms with van der Waals surface area (Å²) in [5.41, 5.74) is -1.14. The SMILES string of the molecule is C=CCCCCP(=O)(OCC)C(C)(OCC)OCC. The highest BCUT2D eigenvalue weighted by atomic mass is 31.2. The van der Waals surface area contributed by atoms with Gasteiger partial charge in [-0.2, -0.15) is 0 Å². The topological polar surface area (TPSA) is 44.8 Å². The first-order valence-corrected chi connectivity index (χ1v) is 8.93. The molecule has 19 heavy (non-hydrogen) atoms. The molecule has 0 aliphatic rings. The molecule has 0 spiro atoms. The van der Waals surface area contributed by atoms with Gasteiger partial charge in [-0.15, -0.1) is 6.58 Å². The predicted octanol–water partition coefficient (Wildman–Crippen LogP) is 4.40. The first kappa shape index (κ1) is 18.9. The average molecular weight is 292 g/mol. The molecule has 0 aliphatic carbocycles. The van der Waals surface area contributed by atoms with Gasteiger partial charge in [-0.25, -0.2) is 0 Å². The summed E-state index contributed by atoms with van der Waals surface area (Å²) in [4.78, 5) is 0. The Morgan fingerprint density at radius 1 is 1.11 bits per heavy atom. The van der Waals surface area contributed by atoms with Crippen molar-refractivity contribution in [1.82, 2.24) is 0 Å². The van der Waals surface area contributed by atoms with Crippen LogP contribution < -0.4 is 0 Å². The third kappa shape index (κ3) is 5.78. The molecule has 0 aliphatic heterocycles. The quantitative estimate of drug-likeness (QED) is 0.231. The van der Waals surface area contributed by atoms with Gasteiger partial charge in [0, 0.05) is 19.4 Å². The fraction of sp³-hybridized carbons (Fsp3) is 0.857. The number of allylic oxidation sites excluding steroid dienone is 1. The molecule has 0 bridgehead atoms. The predicted molar refractivity (Wildman–Crippen MR) is 79.8 cm³/mol. The summed E-state index contributed by atoms with van der Waals surface area (Å²) in [6.07, 6.45) is 5.04. The van der Waals surface area contributed by atoms with Crippen LogP contribution in [0.1, 0.15) is 47.0 Å². The second-order valence-electron chi connectivity index (χ2n) is 4.36. The Labute approximate surface area is 118 Å². The third-order valence-electron chi connectivity index (χ3n) is 2.89. The minimum Gasteiger partial charge on any atom is -0.342 e. The first-order valence-electron chi connectivity index (χ1n) is 7.12. The average Bonchev–Trinajstić information content (AvgIpc) is 2.35. The van der Waals surface area contributed by atoms with Crippen LogP contribution in [0.3, 0.4) is 0 Å². The molecule has 4 nitrogen and oxygen atoms in total. The van der Waals surface area contributed by atoms with E-state index in [0.717, 1.165) is 19.3 Å². The van der Waals surface area contributed by atoms with Crippen LogP contribution in [0.15, 0.2) is 12.7 Å². The van der Waals surface area contributed by atoms with E-state index < -0.39 is 12.9 Å². The fourth-order valence-electron chi connectivity index (χ4n) is 1.98. The maximum absolute atomic E-state index is 13.1. The Balaban J connectivity index is 4.87. The lowest BCUT2D eigenvalue weighted by molar-refractivity contribution is -0.168. The molecule has 0 rings (SSSR count). The zero-order valence-electron chi connectivity index (χ0n) is 12.8. The van der Waals surface area contributed by atoms with Crippen LogP contribution in [0.2, 0.25) is 0 Å². The molecule has 0 amide bonds. The number of rotatable bonds is 12. The molecule has 0 heterocycles. The van der Waals surface area contributed by atoms with Gasteiger partial charge in [-0.05, 0) is 47.0 Å². The maximum atomic E-state index is 13.1. The summed E-state index contributed by atoms with van der Waals surface area (Å²) >= 11 is 0. The number of hydrogen-bond acceptors (Lipinski definition) is 4. The van der Waals surface area contributed by atoms with E-state index in [-0.39, 0.29) is 0 Å². The summed E-state index contributed by atoms with van der Waals surface area (Å²) in [7, 11) is -2.99. The van der Waals surface area contributed by atoms with Crippen molar-refractivity contribution in [3.8, 4) is 0 Å². The van der Waals surface area contributed by atoms with E-state index in [4.69, 9.17) is 14.0 Å². The Bertz CT molecular complexity index is 285. The number of unbranched alkanes of at least 4 members (excludes halogenated alkanes) is 2. The molecule has 0 radical (unpaired) electrons. The molecule has 114 valence electrons. The smallest absolute Gasteiger partial charge is 0.260 e. The van der Waals surface area contributed by atoms with Gasteiger partial charge in [0.15, 0.2) is 0 Å². The Kier molecular flexibility index (Phi) is 9.63. The molecule has 0 aromatic heterocycles. The lowest BCUT2D eigenvalue weighted by Gasteiger charge is -2.36. The number of hydrogen-bond donors (Lipinski definition) is 0. The van der Waals surface area contributed by atoms with Crippen LogP contribution in [0.5, 0.6) is 0 Å². The molecule has 0 aromatic rings. The molecule has 0 aromatic carbocycles. The van der Waals surface area contributed by atoms with E-state index >= 15 is 0 Å². The molecule has 5 heteroatoms. The van der Waals surface area contributed by atoms with Crippen molar-refractivity contribution in [3.05, 3.63) is 12.7 Å². The summed E-state index contributed by atoms with van der Waals surface area (Å²) in [6, 6.07) is 0. The summed E-state index contributed by atoms with van der Waals surface area (Å²) in [5, 5.41) is 0. The van der Waals surface area contributed by atoms with E-state index in [1.807, 2.05) is 26.8 Å². The van der Waals surface area contributed by atoms with Crippen molar-refractivity contribution in [3.63, 3.8) is 0 Å². The molecule has 0 N–H and O–H groups in total. The third-order valence-corrected chi connectivity index (χ3v) is 5.97. The van der Waals surface area contributed by atoms with E-state index in [2.05, 4.69) is 6.58 Å². The van der Waals surface area contributed by atoms with Crippen LogP contribution >= 0.6 is 7.37 Å². The van der Waals surface area contributed by atoms with Crippen LogP contribution in [0.4, 0.5) is 0 Å². The van der Waals surface area contributed by atoms with Crippen LogP contribution in [0, 0.1) is 0 Å².